The van der Waals surface area contributed by atoms with E-state index in [9.17, 15) is 9.59 Å². The molecule has 9 nitrogen and oxygen atoms in total. The van der Waals surface area contributed by atoms with E-state index in [0.717, 1.165) is 0 Å². The minimum Gasteiger partial charge on any atom is -0.481 e. The fourth-order valence-electron chi connectivity index (χ4n) is 1.70. The van der Waals surface area contributed by atoms with Crippen LogP contribution in [0.3, 0.4) is 0 Å². The molecule has 0 radical (unpaired) electrons. The Balaban J connectivity index is 1.97. The zero-order chi connectivity index (χ0) is 14.5. The van der Waals surface area contributed by atoms with E-state index >= 15 is 0 Å². The van der Waals surface area contributed by atoms with E-state index in [1.807, 2.05) is 0 Å². The van der Waals surface area contributed by atoms with E-state index in [1.165, 1.54) is 12.7 Å². The molecule has 2 aromatic heterocycles. The van der Waals surface area contributed by atoms with Gasteiger partial charge in [0.15, 0.2) is 11.5 Å². The maximum absolute atomic E-state index is 11.7. The molecule has 0 aliphatic heterocycles. The number of carbonyl (C=O) groups is 2. The SMILES string of the molecule is CN(CC(=O)NCCC(=O)O)c1ncnc2nc[nH]c12. The van der Waals surface area contributed by atoms with Crippen LogP contribution in [0, 0.1) is 0 Å². The van der Waals surface area contributed by atoms with Crippen molar-refractivity contribution >= 4 is 28.9 Å². The number of rotatable bonds is 6. The Labute approximate surface area is 114 Å². The van der Waals surface area contributed by atoms with Crippen LogP contribution >= 0.6 is 0 Å². The number of aliphatic carboxylic acids is 1. The lowest BCUT2D eigenvalue weighted by atomic mass is 10.4. The summed E-state index contributed by atoms with van der Waals surface area (Å²) >= 11 is 0. The number of hydrogen-bond donors (Lipinski definition) is 3. The van der Waals surface area contributed by atoms with Gasteiger partial charge in [-0.3, -0.25) is 9.59 Å². The van der Waals surface area contributed by atoms with Crippen molar-refractivity contribution in [2.24, 2.45) is 0 Å². The quantitative estimate of drug-likeness (QED) is 0.643. The zero-order valence-electron chi connectivity index (χ0n) is 10.8. The second kappa shape index (κ2) is 5.95. The Morgan fingerprint density at radius 3 is 2.95 bits per heavy atom. The summed E-state index contributed by atoms with van der Waals surface area (Å²) in [7, 11) is 1.71. The molecule has 2 rings (SSSR count). The van der Waals surface area contributed by atoms with Crippen LogP contribution in [0.4, 0.5) is 5.82 Å². The lowest BCUT2D eigenvalue weighted by Crippen LogP contribution is -2.36. The first-order valence-electron chi connectivity index (χ1n) is 5.91. The topological polar surface area (TPSA) is 124 Å². The predicted molar refractivity (Wildman–Crippen MR) is 70.2 cm³/mol. The molecule has 0 spiro atoms. The van der Waals surface area contributed by atoms with Crippen molar-refractivity contribution < 1.29 is 14.7 Å². The number of hydrogen-bond acceptors (Lipinski definition) is 6. The first kappa shape index (κ1) is 13.7. The molecule has 0 saturated carbocycles. The maximum Gasteiger partial charge on any atom is 0.305 e. The summed E-state index contributed by atoms with van der Waals surface area (Å²) in [6, 6.07) is 0. The number of carbonyl (C=O) groups excluding carboxylic acids is 1. The molecule has 0 fully saturated rings. The lowest BCUT2D eigenvalue weighted by molar-refractivity contribution is -0.136. The number of aromatic nitrogens is 4. The average molecular weight is 278 g/mol. The number of amides is 1. The summed E-state index contributed by atoms with van der Waals surface area (Å²) in [5.41, 5.74) is 1.17. The summed E-state index contributed by atoms with van der Waals surface area (Å²) in [4.78, 5) is 38.7. The Kier molecular flexibility index (Phi) is 4.08. The van der Waals surface area contributed by atoms with Crippen molar-refractivity contribution in [2.45, 2.75) is 6.42 Å². The third-order valence-corrected chi connectivity index (χ3v) is 2.61. The van der Waals surface area contributed by atoms with Crippen LogP contribution in [0.25, 0.3) is 11.2 Å². The van der Waals surface area contributed by atoms with Gasteiger partial charge in [0, 0.05) is 13.6 Å². The molecule has 0 aliphatic rings. The number of nitrogens with zero attached hydrogens (tertiary/aromatic N) is 4. The molecule has 0 aliphatic carbocycles. The molecule has 0 aromatic carbocycles. The average Bonchev–Trinajstić information content (AvgIpc) is 2.85. The molecule has 3 N–H and O–H groups in total. The van der Waals surface area contributed by atoms with Crippen molar-refractivity contribution in [1.82, 2.24) is 25.3 Å². The highest BCUT2D eigenvalue weighted by Crippen LogP contribution is 2.17. The molecule has 1 amide bonds. The van der Waals surface area contributed by atoms with Crippen molar-refractivity contribution in [3.8, 4) is 0 Å². The largest absolute Gasteiger partial charge is 0.481 e. The standard InChI is InChI=1S/C11H14N6O3/c1-17(4-7(18)12-3-2-8(19)20)11-9-10(14-5-13-9)15-6-16-11/h5-6H,2-4H2,1H3,(H,12,18)(H,19,20)(H,13,14,15,16). The van der Waals surface area contributed by atoms with Gasteiger partial charge in [-0.1, -0.05) is 0 Å². The highest BCUT2D eigenvalue weighted by Gasteiger charge is 2.13. The first-order valence-corrected chi connectivity index (χ1v) is 5.91. The fourth-order valence-corrected chi connectivity index (χ4v) is 1.70. The minimum atomic E-state index is -0.950. The van der Waals surface area contributed by atoms with E-state index in [-0.39, 0.29) is 25.4 Å². The molecule has 106 valence electrons. The minimum absolute atomic E-state index is 0.0603. The van der Waals surface area contributed by atoms with Crippen LogP contribution < -0.4 is 10.2 Å². The summed E-state index contributed by atoms with van der Waals surface area (Å²) in [6.07, 6.45) is 2.77. The normalized spacial score (nSPS) is 10.4. The van der Waals surface area contributed by atoms with Crippen molar-refractivity contribution in [3.63, 3.8) is 0 Å². The van der Waals surface area contributed by atoms with Crippen LogP contribution in [-0.2, 0) is 9.59 Å². The molecule has 2 aromatic rings. The van der Waals surface area contributed by atoms with Gasteiger partial charge in [0.25, 0.3) is 0 Å². The smallest absolute Gasteiger partial charge is 0.305 e. The van der Waals surface area contributed by atoms with Gasteiger partial charge in [0.1, 0.15) is 11.8 Å². The Bertz CT molecular complexity index is 625. The van der Waals surface area contributed by atoms with E-state index < -0.39 is 5.97 Å². The van der Waals surface area contributed by atoms with Gasteiger partial charge in [-0.25, -0.2) is 15.0 Å². The number of likely N-dealkylation sites (N-methyl/N-ethyl adjacent to an activating group) is 1. The van der Waals surface area contributed by atoms with Crippen LogP contribution in [0.2, 0.25) is 0 Å². The highest BCUT2D eigenvalue weighted by molar-refractivity contribution is 5.87. The summed E-state index contributed by atoms with van der Waals surface area (Å²) in [5.74, 6) is -0.672. The Hall–Kier alpha value is -2.71. The molecule has 2 heterocycles. The molecule has 9 heteroatoms. The second-order valence-electron chi connectivity index (χ2n) is 4.15. The summed E-state index contributed by atoms with van der Waals surface area (Å²) in [5, 5.41) is 11.0. The highest BCUT2D eigenvalue weighted by atomic mass is 16.4. The fraction of sp³-hybridized carbons (Fsp3) is 0.364. The first-order chi connectivity index (χ1) is 9.58. The number of fused-ring (bicyclic) bond motifs is 1. The van der Waals surface area contributed by atoms with Crippen LogP contribution in [0.15, 0.2) is 12.7 Å². The zero-order valence-corrected chi connectivity index (χ0v) is 10.8. The number of carboxylic acid groups (broad SMARTS) is 1. The maximum atomic E-state index is 11.7. The second-order valence-corrected chi connectivity index (χ2v) is 4.15. The van der Waals surface area contributed by atoms with Gasteiger partial charge in [-0.2, -0.15) is 0 Å². The van der Waals surface area contributed by atoms with Gasteiger partial charge < -0.3 is 20.3 Å². The number of imidazole rings is 1. The molecular formula is C11H14N6O3. The van der Waals surface area contributed by atoms with E-state index in [0.29, 0.717) is 17.0 Å². The van der Waals surface area contributed by atoms with E-state index in [2.05, 4.69) is 25.3 Å². The van der Waals surface area contributed by atoms with Gasteiger partial charge in [0.05, 0.1) is 19.3 Å². The van der Waals surface area contributed by atoms with Crippen molar-refractivity contribution in [2.75, 3.05) is 25.0 Å². The van der Waals surface area contributed by atoms with Gasteiger partial charge in [0.2, 0.25) is 5.91 Å². The van der Waals surface area contributed by atoms with Crippen molar-refractivity contribution in [1.29, 1.82) is 0 Å². The Morgan fingerprint density at radius 2 is 2.20 bits per heavy atom. The summed E-state index contributed by atoms with van der Waals surface area (Å²) in [6.45, 7) is 0.163. The number of carboxylic acids is 1. The van der Waals surface area contributed by atoms with Crippen molar-refractivity contribution in [3.05, 3.63) is 12.7 Å². The molecule has 0 unspecified atom stereocenters. The summed E-state index contributed by atoms with van der Waals surface area (Å²) < 4.78 is 0. The van der Waals surface area contributed by atoms with E-state index in [1.54, 1.807) is 11.9 Å². The lowest BCUT2D eigenvalue weighted by Gasteiger charge is -2.17. The molecule has 20 heavy (non-hydrogen) atoms. The van der Waals surface area contributed by atoms with Crippen LogP contribution in [-0.4, -0.2) is 57.1 Å². The van der Waals surface area contributed by atoms with Gasteiger partial charge >= 0.3 is 5.97 Å². The van der Waals surface area contributed by atoms with Crippen LogP contribution in [0.1, 0.15) is 6.42 Å². The third kappa shape index (κ3) is 3.19. The number of anilines is 1. The number of aromatic amines is 1. The molecule has 0 saturated heterocycles. The van der Waals surface area contributed by atoms with Crippen LogP contribution in [0.5, 0.6) is 0 Å². The number of nitrogens with one attached hydrogen (secondary N) is 2. The monoisotopic (exact) mass is 278 g/mol. The number of H-pyrrole nitrogens is 1. The van der Waals surface area contributed by atoms with Gasteiger partial charge in [-0.05, 0) is 0 Å². The predicted octanol–water partition coefficient (Wildman–Crippen LogP) is -0.620. The molecular weight excluding hydrogens is 264 g/mol. The van der Waals surface area contributed by atoms with E-state index in [4.69, 9.17) is 5.11 Å². The third-order valence-electron chi connectivity index (χ3n) is 2.61. The van der Waals surface area contributed by atoms with Gasteiger partial charge in [-0.15, -0.1) is 0 Å². The molecule has 0 atom stereocenters. The Morgan fingerprint density at radius 1 is 1.40 bits per heavy atom. The molecule has 0 bridgehead atoms.